The van der Waals surface area contributed by atoms with Crippen LogP contribution in [-0.4, -0.2) is 23.7 Å². The zero-order valence-electron chi connectivity index (χ0n) is 10.8. The highest BCUT2D eigenvalue weighted by molar-refractivity contribution is 6.01. The summed E-state index contributed by atoms with van der Waals surface area (Å²) in [5.74, 6) is 0.0413. The lowest BCUT2D eigenvalue weighted by atomic mass is 10.1. The maximum Gasteiger partial charge on any atom is 0.207 e. The normalized spacial score (nSPS) is 11.5. The third kappa shape index (κ3) is 3.10. The molecule has 0 bridgehead atoms. The first-order valence-electron chi connectivity index (χ1n) is 6.17. The molecule has 2 aromatic rings. The van der Waals surface area contributed by atoms with Crippen LogP contribution < -0.4 is 5.32 Å². The van der Waals surface area contributed by atoms with E-state index >= 15 is 0 Å². The molecule has 19 heavy (non-hydrogen) atoms. The number of allylic oxidation sites excluding steroid dienone is 1. The summed E-state index contributed by atoms with van der Waals surface area (Å²) in [6.45, 7) is 2.17. The molecule has 0 aliphatic rings. The van der Waals surface area contributed by atoms with Gasteiger partial charge in [0.2, 0.25) is 6.41 Å². The number of Topliss-reactive ketones (excluding diaryl/α,β-unsaturated/α-hetero) is 1. The van der Waals surface area contributed by atoms with E-state index in [0.29, 0.717) is 24.9 Å². The standard InChI is InChI=1S/C15H16N2O2/c1-11(15(19)6-7-16-10-18)8-12-9-17-14-5-3-2-4-13(12)14/h2-5,8-10,17H,6-7H2,1H3,(H,16,18)/b11-8+. The molecule has 1 amide bonds. The number of aromatic amines is 1. The maximum atomic E-state index is 11.8. The van der Waals surface area contributed by atoms with Crippen molar-refractivity contribution in [3.63, 3.8) is 0 Å². The van der Waals surface area contributed by atoms with Gasteiger partial charge in [0.25, 0.3) is 0 Å². The lowest BCUT2D eigenvalue weighted by molar-refractivity contribution is -0.115. The Balaban J connectivity index is 2.16. The molecular weight excluding hydrogens is 240 g/mol. The fraction of sp³-hybridized carbons (Fsp3) is 0.200. The highest BCUT2D eigenvalue weighted by Crippen LogP contribution is 2.20. The minimum atomic E-state index is 0.0413. The third-order valence-corrected chi connectivity index (χ3v) is 3.01. The van der Waals surface area contributed by atoms with Gasteiger partial charge in [-0.2, -0.15) is 0 Å². The van der Waals surface area contributed by atoms with Crippen molar-refractivity contribution in [3.05, 3.63) is 41.6 Å². The van der Waals surface area contributed by atoms with Crippen molar-refractivity contribution in [2.45, 2.75) is 13.3 Å². The predicted molar refractivity (Wildman–Crippen MR) is 75.6 cm³/mol. The zero-order valence-corrected chi connectivity index (χ0v) is 10.8. The van der Waals surface area contributed by atoms with Gasteiger partial charge in [0.05, 0.1) is 0 Å². The summed E-state index contributed by atoms with van der Waals surface area (Å²) in [7, 11) is 0. The van der Waals surface area contributed by atoms with Crippen LogP contribution >= 0.6 is 0 Å². The monoisotopic (exact) mass is 256 g/mol. The summed E-state index contributed by atoms with van der Waals surface area (Å²) in [4.78, 5) is 25.1. The average Bonchev–Trinajstić information content (AvgIpc) is 2.82. The number of ketones is 1. The Hall–Kier alpha value is -2.36. The number of hydrogen-bond acceptors (Lipinski definition) is 2. The van der Waals surface area contributed by atoms with Gasteiger partial charge >= 0.3 is 0 Å². The van der Waals surface area contributed by atoms with Crippen LogP contribution in [0, 0.1) is 0 Å². The molecule has 4 heteroatoms. The first-order valence-corrected chi connectivity index (χ1v) is 6.17. The molecule has 0 spiro atoms. The summed E-state index contributed by atoms with van der Waals surface area (Å²) in [6.07, 6.45) is 4.70. The van der Waals surface area contributed by atoms with Crippen LogP contribution in [-0.2, 0) is 9.59 Å². The second-order valence-corrected chi connectivity index (χ2v) is 4.36. The van der Waals surface area contributed by atoms with Gasteiger partial charge in [-0.25, -0.2) is 0 Å². The second-order valence-electron chi connectivity index (χ2n) is 4.36. The van der Waals surface area contributed by atoms with Crippen molar-refractivity contribution in [3.8, 4) is 0 Å². The van der Waals surface area contributed by atoms with Crippen LogP contribution in [0.25, 0.3) is 17.0 Å². The van der Waals surface area contributed by atoms with Gasteiger partial charge in [-0.1, -0.05) is 18.2 Å². The number of nitrogens with one attached hydrogen (secondary N) is 2. The molecule has 0 unspecified atom stereocenters. The quantitative estimate of drug-likeness (QED) is 0.473. The molecule has 98 valence electrons. The van der Waals surface area contributed by atoms with Gasteiger partial charge in [0.15, 0.2) is 5.78 Å². The van der Waals surface area contributed by atoms with Gasteiger partial charge in [-0.15, -0.1) is 0 Å². The highest BCUT2D eigenvalue weighted by Gasteiger charge is 2.06. The van der Waals surface area contributed by atoms with E-state index in [1.807, 2.05) is 36.5 Å². The molecule has 1 aromatic heterocycles. The number of hydrogen-bond donors (Lipinski definition) is 2. The van der Waals surface area contributed by atoms with Crippen LogP contribution in [0.15, 0.2) is 36.0 Å². The summed E-state index contributed by atoms with van der Waals surface area (Å²) >= 11 is 0. The summed E-state index contributed by atoms with van der Waals surface area (Å²) in [5, 5.41) is 3.59. The van der Waals surface area contributed by atoms with Crippen LogP contribution in [0.4, 0.5) is 0 Å². The number of amides is 1. The van der Waals surface area contributed by atoms with Crippen molar-refractivity contribution < 1.29 is 9.59 Å². The summed E-state index contributed by atoms with van der Waals surface area (Å²) in [5.41, 5.74) is 2.75. The molecule has 0 saturated heterocycles. The van der Waals surface area contributed by atoms with Gasteiger partial charge in [-0.3, -0.25) is 9.59 Å². The molecule has 0 aliphatic heterocycles. The fourth-order valence-electron chi connectivity index (χ4n) is 1.97. The topological polar surface area (TPSA) is 62.0 Å². The third-order valence-electron chi connectivity index (χ3n) is 3.01. The molecule has 1 aromatic carbocycles. The number of aromatic nitrogens is 1. The number of benzene rings is 1. The second kappa shape index (κ2) is 6.00. The van der Waals surface area contributed by atoms with E-state index < -0.39 is 0 Å². The van der Waals surface area contributed by atoms with Crippen LogP contribution in [0.5, 0.6) is 0 Å². The molecular formula is C15H16N2O2. The minimum Gasteiger partial charge on any atom is -0.361 e. The Morgan fingerprint density at radius 3 is 2.95 bits per heavy atom. The Morgan fingerprint density at radius 2 is 2.16 bits per heavy atom. The highest BCUT2D eigenvalue weighted by atomic mass is 16.1. The molecule has 0 aliphatic carbocycles. The van der Waals surface area contributed by atoms with E-state index in [1.165, 1.54) is 0 Å². The predicted octanol–water partition coefficient (Wildman–Crippen LogP) is 2.28. The van der Waals surface area contributed by atoms with E-state index in [9.17, 15) is 9.59 Å². The molecule has 0 radical (unpaired) electrons. The van der Waals surface area contributed by atoms with Crippen molar-refractivity contribution >= 4 is 29.2 Å². The molecule has 0 fully saturated rings. The van der Waals surface area contributed by atoms with E-state index in [1.54, 1.807) is 6.92 Å². The van der Waals surface area contributed by atoms with Crippen LogP contribution in [0.3, 0.4) is 0 Å². The Kier molecular flexibility index (Phi) is 4.13. The van der Waals surface area contributed by atoms with Crippen LogP contribution in [0.1, 0.15) is 18.9 Å². The smallest absolute Gasteiger partial charge is 0.207 e. The zero-order chi connectivity index (χ0) is 13.7. The van der Waals surface area contributed by atoms with E-state index in [2.05, 4.69) is 10.3 Å². The van der Waals surface area contributed by atoms with Gasteiger partial charge in [-0.05, 0) is 24.6 Å². The van der Waals surface area contributed by atoms with Crippen molar-refractivity contribution in [1.29, 1.82) is 0 Å². The Labute approximate surface area is 111 Å². The first kappa shape index (κ1) is 13.1. The van der Waals surface area contributed by atoms with E-state index in [0.717, 1.165) is 16.5 Å². The molecule has 0 saturated carbocycles. The lowest BCUT2D eigenvalue weighted by Crippen LogP contribution is -2.16. The van der Waals surface area contributed by atoms with Crippen molar-refractivity contribution in [2.24, 2.45) is 0 Å². The minimum absolute atomic E-state index is 0.0413. The van der Waals surface area contributed by atoms with E-state index in [-0.39, 0.29) is 5.78 Å². The number of rotatable bonds is 6. The fourth-order valence-corrected chi connectivity index (χ4v) is 1.97. The maximum absolute atomic E-state index is 11.8. The Bertz CT molecular complexity index is 626. The molecule has 4 nitrogen and oxygen atoms in total. The van der Waals surface area contributed by atoms with Gasteiger partial charge in [0.1, 0.15) is 0 Å². The Morgan fingerprint density at radius 1 is 1.37 bits per heavy atom. The van der Waals surface area contributed by atoms with Crippen molar-refractivity contribution in [2.75, 3.05) is 6.54 Å². The summed E-state index contributed by atoms with van der Waals surface area (Å²) < 4.78 is 0. The number of H-pyrrole nitrogens is 1. The van der Waals surface area contributed by atoms with Gasteiger partial charge in [0, 0.05) is 35.6 Å². The summed E-state index contributed by atoms with van der Waals surface area (Å²) in [6, 6.07) is 7.95. The van der Waals surface area contributed by atoms with E-state index in [4.69, 9.17) is 0 Å². The molecule has 0 atom stereocenters. The van der Waals surface area contributed by atoms with Crippen molar-refractivity contribution in [1.82, 2.24) is 10.3 Å². The average molecular weight is 256 g/mol. The largest absolute Gasteiger partial charge is 0.361 e. The molecule has 2 rings (SSSR count). The SMILES string of the molecule is C/C(=C\c1c[nH]c2ccccc12)C(=O)CCNC=O. The number of carbonyl (C=O) groups excluding carboxylic acids is 2. The number of fused-ring (bicyclic) bond motifs is 1. The lowest BCUT2D eigenvalue weighted by Gasteiger charge is -2.00. The molecule has 2 N–H and O–H groups in total. The first-order chi connectivity index (χ1) is 9.22. The number of carbonyl (C=O) groups is 2. The molecule has 1 heterocycles. The van der Waals surface area contributed by atoms with Crippen LogP contribution in [0.2, 0.25) is 0 Å². The number of para-hydroxylation sites is 1. The van der Waals surface area contributed by atoms with Gasteiger partial charge < -0.3 is 10.3 Å².